The summed E-state index contributed by atoms with van der Waals surface area (Å²) in [4.78, 5) is 9.59. The lowest BCUT2D eigenvalue weighted by Gasteiger charge is -2.35. The van der Waals surface area contributed by atoms with Crippen molar-refractivity contribution in [3.05, 3.63) is 29.8 Å². The Kier molecular flexibility index (Phi) is 7.72. The molecule has 3 N–H and O–H groups in total. The first-order valence-electron chi connectivity index (χ1n) is 9.59. The molecule has 0 aliphatic carbocycles. The highest BCUT2D eigenvalue weighted by Crippen LogP contribution is 2.18. The van der Waals surface area contributed by atoms with Crippen LogP contribution in [0.25, 0.3) is 0 Å². The van der Waals surface area contributed by atoms with E-state index in [0.717, 1.165) is 38.4 Å². The molecule has 0 amide bonds. The predicted molar refractivity (Wildman–Crippen MR) is 108 cm³/mol. The molecule has 5 nitrogen and oxygen atoms in total. The van der Waals surface area contributed by atoms with E-state index in [4.69, 9.17) is 5.73 Å². The van der Waals surface area contributed by atoms with E-state index in [1.165, 1.54) is 18.7 Å². The van der Waals surface area contributed by atoms with Crippen LogP contribution in [-0.4, -0.2) is 61.6 Å². The Morgan fingerprint density at radius 1 is 1.16 bits per heavy atom. The first-order valence-corrected chi connectivity index (χ1v) is 9.59. The number of hydrogen-bond donors (Lipinski definition) is 2. The molecule has 0 spiro atoms. The van der Waals surface area contributed by atoms with Gasteiger partial charge in [0, 0.05) is 45.0 Å². The van der Waals surface area contributed by atoms with Gasteiger partial charge in [0.2, 0.25) is 0 Å². The average Bonchev–Trinajstić information content (AvgIpc) is 2.61. The Bertz CT molecular complexity index is 547. The monoisotopic (exact) mass is 345 g/mol. The summed E-state index contributed by atoms with van der Waals surface area (Å²) < 4.78 is 0. The van der Waals surface area contributed by atoms with Gasteiger partial charge in [-0.2, -0.15) is 0 Å². The molecule has 1 unspecified atom stereocenters. The zero-order chi connectivity index (χ0) is 18.2. The first kappa shape index (κ1) is 19.7. The zero-order valence-electron chi connectivity index (χ0n) is 16.3. The van der Waals surface area contributed by atoms with Crippen LogP contribution in [0.2, 0.25) is 0 Å². The topological polar surface area (TPSA) is 56.9 Å². The number of nitrogens with two attached hydrogens (primary N) is 1. The van der Waals surface area contributed by atoms with Gasteiger partial charge >= 0.3 is 0 Å². The van der Waals surface area contributed by atoms with E-state index in [0.29, 0.717) is 17.8 Å². The number of benzene rings is 1. The third-order valence-corrected chi connectivity index (χ3v) is 4.88. The highest BCUT2D eigenvalue weighted by atomic mass is 15.3. The van der Waals surface area contributed by atoms with Crippen LogP contribution in [-0.2, 0) is 0 Å². The fourth-order valence-corrected chi connectivity index (χ4v) is 3.20. The summed E-state index contributed by atoms with van der Waals surface area (Å²) in [5, 5.41) is 3.22. The molecule has 1 fully saturated rings. The van der Waals surface area contributed by atoms with Crippen LogP contribution >= 0.6 is 0 Å². The molecule has 1 aliphatic heterocycles. The van der Waals surface area contributed by atoms with E-state index in [1.807, 2.05) is 6.07 Å². The van der Waals surface area contributed by atoms with Crippen molar-refractivity contribution in [1.29, 1.82) is 0 Å². The smallest absolute Gasteiger partial charge is 0.193 e. The van der Waals surface area contributed by atoms with Crippen molar-refractivity contribution in [2.75, 3.05) is 51.1 Å². The number of nitrogens with zero attached hydrogens (tertiary/aromatic N) is 3. The normalized spacial score (nSPS) is 18.5. The van der Waals surface area contributed by atoms with Gasteiger partial charge in [-0.15, -0.1) is 0 Å². The molecule has 1 aromatic rings. The minimum atomic E-state index is 0.503. The van der Waals surface area contributed by atoms with E-state index >= 15 is 0 Å². The number of nitrogens with one attached hydrogen (secondary N) is 1. The van der Waals surface area contributed by atoms with Crippen LogP contribution in [0.5, 0.6) is 0 Å². The number of rotatable bonds is 7. The summed E-state index contributed by atoms with van der Waals surface area (Å²) in [6.45, 7) is 16.6. The predicted octanol–water partition coefficient (Wildman–Crippen LogP) is 2.81. The molecule has 1 saturated heterocycles. The van der Waals surface area contributed by atoms with Gasteiger partial charge in [-0.3, -0.25) is 4.99 Å². The Balaban J connectivity index is 1.77. The molecule has 0 radical (unpaired) electrons. The van der Waals surface area contributed by atoms with Gasteiger partial charge in [-0.05, 0) is 36.1 Å². The molecular formula is C20H35N5. The van der Waals surface area contributed by atoms with Crippen LogP contribution < -0.4 is 11.1 Å². The first-order chi connectivity index (χ1) is 12.0. The summed E-state index contributed by atoms with van der Waals surface area (Å²) in [7, 11) is 0. The Morgan fingerprint density at radius 2 is 1.84 bits per heavy atom. The van der Waals surface area contributed by atoms with E-state index in [2.05, 4.69) is 66.0 Å². The summed E-state index contributed by atoms with van der Waals surface area (Å²) in [6.07, 6.45) is 0. The molecule has 5 heteroatoms. The summed E-state index contributed by atoms with van der Waals surface area (Å²) in [5.41, 5.74) is 8.38. The Hall–Kier alpha value is -1.59. The number of guanidine groups is 1. The lowest BCUT2D eigenvalue weighted by molar-refractivity contribution is 0.125. The van der Waals surface area contributed by atoms with Gasteiger partial charge in [-0.1, -0.05) is 39.8 Å². The fraction of sp³-hybridized carbons (Fsp3) is 0.650. The summed E-state index contributed by atoms with van der Waals surface area (Å²) in [5.74, 6) is 1.52. The van der Waals surface area contributed by atoms with Gasteiger partial charge in [0.05, 0.1) is 0 Å². The molecular weight excluding hydrogens is 310 g/mol. The zero-order valence-corrected chi connectivity index (χ0v) is 16.3. The molecule has 0 bridgehead atoms. The van der Waals surface area contributed by atoms with Crippen LogP contribution in [0.15, 0.2) is 29.3 Å². The van der Waals surface area contributed by atoms with Crippen molar-refractivity contribution in [3.8, 4) is 0 Å². The molecule has 2 rings (SSSR count). The maximum absolute atomic E-state index is 6.07. The molecule has 140 valence electrons. The standard InChI is InChI=1S/C20H35N5/c1-5-24-9-11-25(12-10-24)15-17(4)14-22-20(21)23-19-8-6-7-18(13-19)16(2)3/h6-8,13,16-17H,5,9-12,14-15H2,1-4H3,(H3,21,22,23). The number of hydrogen-bond acceptors (Lipinski definition) is 3. The van der Waals surface area contributed by atoms with E-state index in [1.54, 1.807) is 0 Å². The van der Waals surface area contributed by atoms with Crippen molar-refractivity contribution in [2.45, 2.75) is 33.6 Å². The molecule has 0 saturated carbocycles. The maximum Gasteiger partial charge on any atom is 0.193 e. The van der Waals surface area contributed by atoms with Gasteiger partial charge in [0.1, 0.15) is 0 Å². The Morgan fingerprint density at radius 3 is 2.48 bits per heavy atom. The molecule has 1 heterocycles. The lowest BCUT2D eigenvalue weighted by atomic mass is 10.0. The van der Waals surface area contributed by atoms with Crippen LogP contribution in [0.4, 0.5) is 5.69 Å². The summed E-state index contributed by atoms with van der Waals surface area (Å²) in [6, 6.07) is 8.38. The molecule has 1 aromatic carbocycles. The van der Waals surface area contributed by atoms with Crippen molar-refractivity contribution in [3.63, 3.8) is 0 Å². The Labute approximate surface area is 153 Å². The van der Waals surface area contributed by atoms with Crippen molar-refractivity contribution < 1.29 is 0 Å². The minimum absolute atomic E-state index is 0.503. The van der Waals surface area contributed by atoms with E-state index < -0.39 is 0 Å². The number of piperazine rings is 1. The second kappa shape index (κ2) is 9.78. The third kappa shape index (κ3) is 6.67. The quantitative estimate of drug-likeness (QED) is 0.589. The van der Waals surface area contributed by atoms with Crippen molar-refractivity contribution in [1.82, 2.24) is 9.80 Å². The van der Waals surface area contributed by atoms with Crippen molar-refractivity contribution >= 4 is 11.6 Å². The van der Waals surface area contributed by atoms with Crippen LogP contribution in [0.1, 0.15) is 39.2 Å². The number of aliphatic imine (C=N–C) groups is 1. The van der Waals surface area contributed by atoms with Gasteiger partial charge in [0.25, 0.3) is 0 Å². The van der Waals surface area contributed by atoms with Crippen LogP contribution in [0, 0.1) is 5.92 Å². The molecule has 0 aromatic heterocycles. The lowest BCUT2D eigenvalue weighted by Crippen LogP contribution is -2.47. The molecule has 1 aliphatic rings. The fourth-order valence-electron chi connectivity index (χ4n) is 3.20. The molecule has 25 heavy (non-hydrogen) atoms. The SMILES string of the molecule is CCN1CCN(CC(C)CN=C(N)Nc2cccc(C(C)C)c2)CC1. The highest BCUT2D eigenvalue weighted by Gasteiger charge is 2.17. The second-order valence-corrected chi connectivity index (χ2v) is 7.47. The maximum atomic E-state index is 6.07. The summed E-state index contributed by atoms with van der Waals surface area (Å²) >= 11 is 0. The van der Waals surface area contributed by atoms with E-state index in [-0.39, 0.29) is 0 Å². The second-order valence-electron chi connectivity index (χ2n) is 7.47. The third-order valence-electron chi connectivity index (χ3n) is 4.88. The minimum Gasteiger partial charge on any atom is -0.370 e. The molecule has 1 atom stereocenters. The average molecular weight is 346 g/mol. The van der Waals surface area contributed by atoms with Crippen LogP contribution in [0.3, 0.4) is 0 Å². The van der Waals surface area contributed by atoms with Gasteiger partial charge in [-0.25, -0.2) is 0 Å². The van der Waals surface area contributed by atoms with E-state index in [9.17, 15) is 0 Å². The van der Waals surface area contributed by atoms with Gasteiger partial charge in [0.15, 0.2) is 5.96 Å². The largest absolute Gasteiger partial charge is 0.370 e. The number of anilines is 1. The van der Waals surface area contributed by atoms with Gasteiger partial charge < -0.3 is 20.9 Å². The number of likely N-dealkylation sites (N-methyl/N-ethyl adjacent to an activating group) is 1. The highest BCUT2D eigenvalue weighted by molar-refractivity contribution is 5.92. The van der Waals surface area contributed by atoms with Crippen molar-refractivity contribution in [2.24, 2.45) is 16.6 Å².